The van der Waals surface area contributed by atoms with Crippen molar-refractivity contribution in [3.8, 4) is 0 Å². The zero-order chi connectivity index (χ0) is 14.9. The Morgan fingerprint density at radius 1 is 1.05 bits per heavy atom. The second-order valence-corrected chi connectivity index (χ2v) is 5.56. The van der Waals surface area contributed by atoms with Crippen LogP contribution in [0, 0.1) is 0 Å². The van der Waals surface area contributed by atoms with Crippen LogP contribution in [0.1, 0.15) is 60.3 Å². The zero-order valence-electron chi connectivity index (χ0n) is 13.2. The van der Waals surface area contributed by atoms with Crippen LogP contribution < -0.4 is 0 Å². The van der Waals surface area contributed by atoms with E-state index in [0.29, 0.717) is 6.61 Å². The predicted octanol–water partition coefficient (Wildman–Crippen LogP) is 2.51. The minimum atomic E-state index is -0.641. The molecule has 0 spiro atoms. The number of hydrogen-bond donors (Lipinski definition) is 2. The third-order valence-electron chi connectivity index (χ3n) is 4.08. The monoisotopic (exact) mass is 276 g/mol. The van der Waals surface area contributed by atoms with E-state index < -0.39 is 11.7 Å². The summed E-state index contributed by atoms with van der Waals surface area (Å²) in [5.41, 5.74) is -0.842. The fourth-order valence-corrected chi connectivity index (χ4v) is 2.02. The van der Waals surface area contributed by atoms with Crippen molar-refractivity contribution in [3.05, 3.63) is 0 Å². The van der Waals surface area contributed by atoms with Gasteiger partial charge in [-0.3, -0.25) is 0 Å². The third-order valence-corrected chi connectivity index (χ3v) is 4.08. The van der Waals surface area contributed by atoms with Crippen LogP contribution in [0.5, 0.6) is 0 Å². The molecule has 3 unspecified atom stereocenters. The molecule has 0 aliphatic carbocycles. The topological polar surface area (TPSA) is 58.9 Å². The Bertz CT molecular complexity index is 234. The summed E-state index contributed by atoms with van der Waals surface area (Å²) in [5.74, 6) is 0. The molecule has 0 aromatic heterocycles. The van der Waals surface area contributed by atoms with Crippen molar-refractivity contribution in [2.75, 3.05) is 19.8 Å². The second kappa shape index (κ2) is 8.90. The molecule has 0 aromatic carbocycles. The van der Waals surface area contributed by atoms with Crippen LogP contribution in [-0.4, -0.2) is 47.3 Å². The Hall–Kier alpha value is -0.160. The van der Waals surface area contributed by atoms with Gasteiger partial charge in [0.25, 0.3) is 0 Å². The molecule has 0 heterocycles. The molecule has 0 saturated heterocycles. The van der Waals surface area contributed by atoms with E-state index in [-0.39, 0.29) is 18.8 Å². The van der Waals surface area contributed by atoms with E-state index in [4.69, 9.17) is 14.6 Å². The van der Waals surface area contributed by atoms with E-state index in [0.717, 1.165) is 25.7 Å². The molecule has 0 radical (unpaired) electrons. The van der Waals surface area contributed by atoms with Crippen LogP contribution in [0.3, 0.4) is 0 Å². The van der Waals surface area contributed by atoms with E-state index in [1.165, 1.54) is 0 Å². The molecule has 4 nitrogen and oxygen atoms in total. The number of hydrogen-bond acceptors (Lipinski definition) is 4. The normalized spacial score (nSPS) is 19.7. The van der Waals surface area contributed by atoms with Crippen LogP contribution in [0.15, 0.2) is 0 Å². The van der Waals surface area contributed by atoms with Crippen molar-refractivity contribution in [2.45, 2.75) is 77.6 Å². The van der Waals surface area contributed by atoms with Crippen molar-refractivity contribution in [2.24, 2.45) is 0 Å². The van der Waals surface area contributed by atoms with Gasteiger partial charge in [-0.2, -0.15) is 0 Å². The lowest BCUT2D eigenvalue weighted by atomic mass is 9.94. The Labute approximate surface area is 118 Å². The number of ether oxygens (including phenoxy) is 2. The van der Waals surface area contributed by atoms with Crippen molar-refractivity contribution < 1.29 is 19.7 Å². The van der Waals surface area contributed by atoms with Gasteiger partial charge in [-0.15, -0.1) is 0 Å². The Morgan fingerprint density at radius 2 is 1.68 bits per heavy atom. The van der Waals surface area contributed by atoms with Crippen LogP contribution in [0.2, 0.25) is 0 Å². The summed E-state index contributed by atoms with van der Waals surface area (Å²) >= 11 is 0. The highest BCUT2D eigenvalue weighted by Gasteiger charge is 2.34. The molecule has 3 atom stereocenters. The van der Waals surface area contributed by atoms with Gasteiger partial charge < -0.3 is 19.7 Å². The molecule has 0 saturated carbocycles. The summed E-state index contributed by atoms with van der Waals surface area (Å²) in [5, 5.41) is 19.2. The molecule has 2 N–H and O–H groups in total. The van der Waals surface area contributed by atoms with E-state index >= 15 is 0 Å². The maximum absolute atomic E-state index is 10.3. The Morgan fingerprint density at radius 3 is 2.11 bits per heavy atom. The summed E-state index contributed by atoms with van der Waals surface area (Å²) < 4.78 is 11.5. The standard InChI is InChI=1S/C15H32O4/c1-6-14(4,10-9-11-16)19-12-13(17)15(5,7-2)18-8-3/h13,16-17H,6-12H2,1-5H3. The first-order valence-corrected chi connectivity index (χ1v) is 7.44. The summed E-state index contributed by atoms with van der Waals surface area (Å²) in [7, 11) is 0. The lowest BCUT2D eigenvalue weighted by molar-refractivity contribution is -0.158. The molecule has 0 rings (SSSR count). The van der Waals surface area contributed by atoms with Crippen LogP contribution in [-0.2, 0) is 9.47 Å². The first-order valence-electron chi connectivity index (χ1n) is 7.44. The minimum absolute atomic E-state index is 0.174. The van der Waals surface area contributed by atoms with Gasteiger partial charge in [-0.25, -0.2) is 0 Å². The highest BCUT2D eigenvalue weighted by molar-refractivity contribution is 4.84. The van der Waals surface area contributed by atoms with Crippen LogP contribution >= 0.6 is 0 Å². The second-order valence-electron chi connectivity index (χ2n) is 5.56. The molecule has 116 valence electrons. The molecule has 0 aromatic rings. The average Bonchev–Trinajstić information content (AvgIpc) is 2.42. The number of aliphatic hydroxyl groups excluding tert-OH is 2. The fraction of sp³-hybridized carbons (Fsp3) is 1.00. The van der Waals surface area contributed by atoms with Crippen molar-refractivity contribution in [1.82, 2.24) is 0 Å². The van der Waals surface area contributed by atoms with E-state index in [9.17, 15) is 5.11 Å². The summed E-state index contributed by atoms with van der Waals surface area (Å²) in [6.07, 6.45) is 2.47. The third kappa shape index (κ3) is 6.21. The van der Waals surface area contributed by atoms with E-state index in [1.54, 1.807) is 0 Å². The van der Waals surface area contributed by atoms with Gasteiger partial charge in [0.1, 0.15) is 6.10 Å². The molecule has 4 heteroatoms. The summed E-state index contributed by atoms with van der Waals surface area (Å²) in [6, 6.07) is 0. The smallest absolute Gasteiger partial charge is 0.106 e. The quantitative estimate of drug-likeness (QED) is 0.609. The highest BCUT2D eigenvalue weighted by Crippen LogP contribution is 2.25. The fourth-order valence-electron chi connectivity index (χ4n) is 2.02. The zero-order valence-corrected chi connectivity index (χ0v) is 13.2. The molecule has 0 fully saturated rings. The predicted molar refractivity (Wildman–Crippen MR) is 77.3 cm³/mol. The first kappa shape index (κ1) is 18.8. The Balaban J connectivity index is 4.42. The lowest BCUT2D eigenvalue weighted by Crippen LogP contribution is -2.46. The Kier molecular flexibility index (Phi) is 8.83. The van der Waals surface area contributed by atoms with Crippen molar-refractivity contribution >= 4 is 0 Å². The van der Waals surface area contributed by atoms with Gasteiger partial charge in [-0.1, -0.05) is 13.8 Å². The molecular formula is C15H32O4. The highest BCUT2D eigenvalue weighted by atomic mass is 16.5. The van der Waals surface area contributed by atoms with Gasteiger partial charge in [0.2, 0.25) is 0 Å². The molecule has 0 aliphatic heterocycles. The van der Waals surface area contributed by atoms with Gasteiger partial charge in [-0.05, 0) is 46.5 Å². The van der Waals surface area contributed by atoms with Crippen molar-refractivity contribution in [3.63, 3.8) is 0 Å². The van der Waals surface area contributed by atoms with Crippen LogP contribution in [0.4, 0.5) is 0 Å². The summed E-state index contributed by atoms with van der Waals surface area (Å²) in [6.45, 7) is 11.0. The van der Waals surface area contributed by atoms with E-state index in [2.05, 4.69) is 6.92 Å². The summed E-state index contributed by atoms with van der Waals surface area (Å²) in [4.78, 5) is 0. The number of rotatable bonds is 11. The van der Waals surface area contributed by atoms with Gasteiger partial charge >= 0.3 is 0 Å². The van der Waals surface area contributed by atoms with Gasteiger partial charge in [0.05, 0.1) is 17.8 Å². The maximum Gasteiger partial charge on any atom is 0.106 e. The molecule has 0 aliphatic rings. The molecule has 0 bridgehead atoms. The SMILES string of the molecule is CCOC(C)(CC)C(O)COC(C)(CC)CCCO. The maximum atomic E-state index is 10.3. The lowest BCUT2D eigenvalue weighted by Gasteiger charge is -2.36. The van der Waals surface area contributed by atoms with Crippen molar-refractivity contribution in [1.29, 1.82) is 0 Å². The molecule has 19 heavy (non-hydrogen) atoms. The number of aliphatic hydroxyl groups is 2. The van der Waals surface area contributed by atoms with Gasteiger partial charge in [0.15, 0.2) is 0 Å². The average molecular weight is 276 g/mol. The minimum Gasteiger partial charge on any atom is -0.396 e. The largest absolute Gasteiger partial charge is 0.396 e. The van der Waals surface area contributed by atoms with Gasteiger partial charge in [0, 0.05) is 13.2 Å². The van der Waals surface area contributed by atoms with Crippen LogP contribution in [0.25, 0.3) is 0 Å². The first-order chi connectivity index (χ1) is 8.87. The molecule has 0 amide bonds. The van der Waals surface area contributed by atoms with E-state index in [1.807, 2.05) is 27.7 Å². The molecular weight excluding hydrogens is 244 g/mol.